The Morgan fingerprint density at radius 2 is 1.78 bits per heavy atom. The normalized spacial score (nSPS) is 14.8. The molecule has 0 aromatic heterocycles. The van der Waals surface area contributed by atoms with Crippen molar-refractivity contribution in [3.05, 3.63) is 48.0 Å². The molecular formula is C18H21NO4. The molecule has 2 rings (SSSR count). The maximum Gasteiger partial charge on any atom is 0.336 e. The second kappa shape index (κ2) is 7.22. The summed E-state index contributed by atoms with van der Waals surface area (Å²) >= 11 is 0. The van der Waals surface area contributed by atoms with E-state index in [2.05, 4.69) is 6.58 Å². The monoisotopic (exact) mass is 315 g/mol. The van der Waals surface area contributed by atoms with Gasteiger partial charge < -0.3 is 4.84 Å². The van der Waals surface area contributed by atoms with Crippen LogP contribution in [0.4, 0.5) is 0 Å². The van der Waals surface area contributed by atoms with Crippen LogP contribution < -0.4 is 0 Å². The van der Waals surface area contributed by atoms with E-state index in [0.29, 0.717) is 30.2 Å². The summed E-state index contributed by atoms with van der Waals surface area (Å²) in [5.41, 5.74) is 0.522. The first kappa shape index (κ1) is 16.9. The fourth-order valence-corrected chi connectivity index (χ4v) is 2.63. The summed E-state index contributed by atoms with van der Waals surface area (Å²) in [5, 5.41) is 0.578. The molecule has 2 amide bonds. The van der Waals surface area contributed by atoms with Gasteiger partial charge in [-0.25, -0.2) is 4.79 Å². The standard InChI is InChI=1S/C18H21NO4/c1-4-5-8-13(11-12(2)3)18(22)23-19-16(20)14-9-6-7-10-15(14)17(19)21/h4,6-7,9-10,12-13H,1,5,8,11H2,2-3H3. The van der Waals surface area contributed by atoms with E-state index in [4.69, 9.17) is 4.84 Å². The van der Waals surface area contributed by atoms with Crippen LogP contribution in [0.15, 0.2) is 36.9 Å². The maximum atomic E-state index is 12.4. The van der Waals surface area contributed by atoms with Gasteiger partial charge in [-0.1, -0.05) is 37.1 Å². The zero-order valence-corrected chi connectivity index (χ0v) is 13.5. The number of hydrogen-bond donors (Lipinski definition) is 0. The molecule has 0 N–H and O–H groups in total. The van der Waals surface area contributed by atoms with Gasteiger partial charge in [0.05, 0.1) is 17.0 Å². The Morgan fingerprint density at radius 1 is 1.22 bits per heavy atom. The van der Waals surface area contributed by atoms with Crippen molar-refractivity contribution in [2.24, 2.45) is 11.8 Å². The lowest BCUT2D eigenvalue weighted by Crippen LogP contribution is -2.35. The number of hydroxylamine groups is 2. The predicted molar refractivity (Wildman–Crippen MR) is 85.4 cm³/mol. The lowest BCUT2D eigenvalue weighted by atomic mass is 9.93. The Morgan fingerprint density at radius 3 is 2.26 bits per heavy atom. The molecule has 1 aromatic carbocycles. The van der Waals surface area contributed by atoms with E-state index in [0.717, 1.165) is 0 Å². The Bertz CT molecular complexity index is 601. The lowest BCUT2D eigenvalue weighted by Gasteiger charge is -2.20. The molecule has 0 aliphatic carbocycles. The Hall–Kier alpha value is -2.43. The van der Waals surface area contributed by atoms with Gasteiger partial charge in [0.15, 0.2) is 0 Å². The van der Waals surface area contributed by atoms with Crippen LogP contribution in [-0.2, 0) is 9.63 Å². The van der Waals surface area contributed by atoms with Crippen molar-refractivity contribution in [3.63, 3.8) is 0 Å². The third-order valence-electron chi connectivity index (χ3n) is 3.75. The molecule has 5 heteroatoms. The summed E-state index contributed by atoms with van der Waals surface area (Å²) in [7, 11) is 0. The van der Waals surface area contributed by atoms with Crippen molar-refractivity contribution in [1.29, 1.82) is 0 Å². The number of fused-ring (bicyclic) bond motifs is 1. The topological polar surface area (TPSA) is 63.7 Å². The number of amides is 2. The van der Waals surface area contributed by atoms with Crippen molar-refractivity contribution in [2.45, 2.75) is 33.1 Å². The fourth-order valence-electron chi connectivity index (χ4n) is 2.63. The molecule has 122 valence electrons. The molecule has 1 atom stereocenters. The summed E-state index contributed by atoms with van der Waals surface area (Å²) in [6, 6.07) is 6.43. The minimum absolute atomic E-state index is 0.261. The number of hydrogen-bond acceptors (Lipinski definition) is 4. The van der Waals surface area contributed by atoms with Crippen LogP contribution in [0.2, 0.25) is 0 Å². The van der Waals surface area contributed by atoms with Gasteiger partial charge in [0.1, 0.15) is 0 Å². The summed E-state index contributed by atoms with van der Waals surface area (Å²) in [4.78, 5) is 41.9. The van der Waals surface area contributed by atoms with Crippen LogP contribution in [0.3, 0.4) is 0 Å². The van der Waals surface area contributed by atoms with Crippen LogP contribution in [0.5, 0.6) is 0 Å². The first-order valence-corrected chi connectivity index (χ1v) is 7.76. The average molecular weight is 315 g/mol. The number of allylic oxidation sites excluding steroid dienone is 1. The average Bonchev–Trinajstić information content (AvgIpc) is 2.76. The largest absolute Gasteiger partial charge is 0.336 e. The zero-order valence-electron chi connectivity index (χ0n) is 13.5. The number of carbonyl (C=O) groups excluding carboxylic acids is 3. The zero-order chi connectivity index (χ0) is 17.0. The molecule has 1 unspecified atom stereocenters. The van der Waals surface area contributed by atoms with Crippen LogP contribution in [-0.4, -0.2) is 22.8 Å². The van der Waals surface area contributed by atoms with Crippen molar-refractivity contribution in [3.8, 4) is 0 Å². The summed E-state index contributed by atoms with van der Waals surface area (Å²) < 4.78 is 0. The highest BCUT2D eigenvalue weighted by atomic mass is 16.7. The number of benzene rings is 1. The summed E-state index contributed by atoms with van der Waals surface area (Å²) in [6.07, 6.45) is 3.64. The smallest absolute Gasteiger partial charge is 0.329 e. The van der Waals surface area contributed by atoms with Gasteiger partial charge >= 0.3 is 5.97 Å². The minimum atomic E-state index is -0.592. The van der Waals surface area contributed by atoms with Crippen molar-refractivity contribution in [2.75, 3.05) is 0 Å². The molecule has 23 heavy (non-hydrogen) atoms. The second-order valence-corrected chi connectivity index (χ2v) is 6.05. The first-order valence-electron chi connectivity index (χ1n) is 7.76. The Kier molecular flexibility index (Phi) is 5.32. The van der Waals surface area contributed by atoms with Gasteiger partial charge in [-0.05, 0) is 37.3 Å². The molecule has 0 saturated heterocycles. The first-order chi connectivity index (χ1) is 11.0. The highest BCUT2D eigenvalue weighted by Gasteiger charge is 2.39. The molecule has 0 fully saturated rings. The molecule has 1 aliphatic rings. The molecule has 0 bridgehead atoms. The predicted octanol–water partition coefficient (Wildman–Crippen LogP) is 3.37. The quantitative estimate of drug-likeness (QED) is 0.571. The summed E-state index contributed by atoms with van der Waals surface area (Å²) in [5.74, 6) is -1.79. The van der Waals surface area contributed by atoms with Crippen LogP contribution in [0, 0.1) is 11.8 Å². The molecule has 1 aliphatic heterocycles. The SMILES string of the molecule is C=CCCC(CC(C)C)C(=O)ON1C(=O)c2ccccc2C1=O. The second-order valence-electron chi connectivity index (χ2n) is 6.05. The lowest BCUT2D eigenvalue weighted by molar-refractivity contribution is -0.174. The van der Waals surface area contributed by atoms with Gasteiger partial charge in [-0.3, -0.25) is 9.59 Å². The van der Waals surface area contributed by atoms with E-state index in [1.165, 1.54) is 0 Å². The van der Waals surface area contributed by atoms with E-state index < -0.39 is 17.8 Å². The van der Waals surface area contributed by atoms with E-state index in [1.54, 1.807) is 30.3 Å². The molecular weight excluding hydrogens is 294 g/mol. The van der Waals surface area contributed by atoms with Gasteiger partial charge in [-0.2, -0.15) is 0 Å². The minimum Gasteiger partial charge on any atom is -0.329 e. The number of imide groups is 1. The van der Waals surface area contributed by atoms with Crippen molar-refractivity contribution in [1.82, 2.24) is 5.06 Å². The number of rotatable bonds is 7. The number of nitrogens with zero attached hydrogens (tertiary/aromatic N) is 1. The molecule has 0 spiro atoms. The van der Waals surface area contributed by atoms with Crippen LogP contribution >= 0.6 is 0 Å². The third-order valence-corrected chi connectivity index (χ3v) is 3.75. The third kappa shape index (κ3) is 3.67. The van der Waals surface area contributed by atoms with Crippen LogP contribution in [0.25, 0.3) is 0 Å². The van der Waals surface area contributed by atoms with E-state index in [-0.39, 0.29) is 17.0 Å². The highest BCUT2D eigenvalue weighted by molar-refractivity contribution is 6.20. The van der Waals surface area contributed by atoms with E-state index in [1.807, 2.05) is 13.8 Å². The molecule has 1 heterocycles. The molecule has 5 nitrogen and oxygen atoms in total. The van der Waals surface area contributed by atoms with E-state index >= 15 is 0 Å². The van der Waals surface area contributed by atoms with Crippen molar-refractivity contribution >= 4 is 17.8 Å². The molecule has 0 saturated carbocycles. The Balaban J connectivity index is 2.11. The fraction of sp³-hybridized carbons (Fsp3) is 0.389. The Labute approximate surface area is 135 Å². The van der Waals surface area contributed by atoms with Gasteiger partial charge in [0.2, 0.25) is 0 Å². The number of carbonyl (C=O) groups is 3. The van der Waals surface area contributed by atoms with Crippen LogP contribution in [0.1, 0.15) is 53.8 Å². The summed E-state index contributed by atoms with van der Waals surface area (Å²) in [6.45, 7) is 7.68. The van der Waals surface area contributed by atoms with Crippen molar-refractivity contribution < 1.29 is 19.2 Å². The van der Waals surface area contributed by atoms with E-state index in [9.17, 15) is 14.4 Å². The highest BCUT2D eigenvalue weighted by Crippen LogP contribution is 2.25. The van der Waals surface area contributed by atoms with Gasteiger partial charge in [-0.15, -0.1) is 6.58 Å². The van der Waals surface area contributed by atoms with Gasteiger partial charge in [0.25, 0.3) is 11.8 Å². The molecule has 1 aromatic rings. The molecule has 0 radical (unpaired) electrons. The van der Waals surface area contributed by atoms with Gasteiger partial charge in [0, 0.05) is 0 Å². The maximum absolute atomic E-state index is 12.4.